The normalized spacial score (nSPS) is 27.3. The molecule has 0 bridgehead atoms. The Morgan fingerprint density at radius 1 is 1.27 bits per heavy atom. The van der Waals surface area contributed by atoms with Gasteiger partial charge in [-0.25, -0.2) is 0 Å². The Hall–Kier alpha value is -1.64. The molecule has 2 heterocycles. The summed E-state index contributed by atoms with van der Waals surface area (Å²) >= 11 is 0. The largest absolute Gasteiger partial charge is 0.497 e. The summed E-state index contributed by atoms with van der Waals surface area (Å²) < 4.78 is 34.2. The number of carbonyl (C=O) groups is 1. The van der Waals surface area contributed by atoms with E-state index < -0.39 is 22.3 Å². The highest BCUT2D eigenvalue weighted by Gasteiger charge is 2.42. The molecule has 1 aromatic carbocycles. The van der Waals surface area contributed by atoms with E-state index in [1.54, 1.807) is 7.11 Å². The van der Waals surface area contributed by atoms with Crippen molar-refractivity contribution in [1.82, 2.24) is 13.9 Å². The summed E-state index contributed by atoms with van der Waals surface area (Å²) in [5.41, 5.74) is 0.797. The van der Waals surface area contributed by atoms with Crippen molar-refractivity contribution >= 4 is 16.1 Å². The monoisotopic (exact) mass is 381 g/mol. The molecule has 0 spiro atoms. The smallest absolute Gasteiger partial charge is 0.280 e. The van der Waals surface area contributed by atoms with Gasteiger partial charge in [0, 0.05) is 20.1 Å². The van der Waals surface area contributed by atoms with Crippen molar-refractivity contribution in [2.24, 2.45) is 5.92 Å². The Bertz CT molecular complexity index is 759. The fourth-order valence-corrected chi connectivity index (χ4v) is 4.88. The molecule has 26 heavy (non-hydrogen) atoms. The van der Waals surface area contributed by atoms with Gasteiger partial charge in [-0.2, -0.15) is 17.4 Å². The molecule has 3 rings (SSSR count). The predicted molar refractivity (Wildman–Crippen MR) is 98.9 cm³/mol. The molecule has 8 heteroatoms. The Kier molecular flexibility index (Phi) is 5.55. The third-order valence-corrected chi connectivity index (χ3v) is 7.04. The summed E-state index contributed by atoms with van der Waals surface area (Å²) in [5.74, 6) is 1.17. The number of nitrogens with one attached hydrogen (secondary N) is 1. The van der Waals surface area contributed by atoms with Crippen molar-refractivity contribution in [2.75, 3.05) is 27.2 Å². The van der Waals surface area contributed by atoms with Crippen LogP contribution in [-0.4, -0.2) is 56.8 Å². The van der Waals surface area contributed by atoms with Crippen LogP contribution in [0.2, 0.25) is 0 Å². The van der Waals surface area contributed by atoms with Gasteiger partial charge in [0.25, 0.3) is 10.2 Å². The SMILES string of the molecule is COc1cccc(C2CC(C(=O)N3CCC(C)CC3)N(C)S(=O)(=O)N2)c1. The van der Waals surface area contributed by atoms with E-state index in [0.29, 0.717) is 31.2 Å². The number of hydrogen-bond donors (Lipinski definition) is 1. The topological polar surface area (TPSA) is 79.0 Å². The van der Waals surface area contributed by atoms with Crippen LogP contribution in [0.1, 0.15) is 37.8 Å². The number of carbonyl (C=O) groups excluding carboxylic acids is 1. The number of amides is 1. The van der Waals surface area contributed by atoms with Crippen LogP contribution in [0.3, 0.4) is 0 Å². The van der Waals surface area contributed by atoms with E-state index in [2.05, 4.69) is 11.6 Å². The van der Waals surface area contributed by atoms with Crippen molar-refractivity contribution in [3.05, 3.63) is 29.8 Å². The Balaban J connectivity index is 1.83. The summed E-state index contributed by atoms with van der Waals surface area (Å²) in [7, 11) is -0.684. The summed E-state index contributed by atoms with van der Waals surface area (Å²) in [6.45, 7) is 3.57. The minimum absolute atomic E-state index is 0.0997. The fraction of sp³-hybridized carbons (Fsp3) is 0.611. The van der Waals surface area contributed by atoms with Crippen LogP contribution < -0.4 is 9.46 Å². The lowest BCUT2D eigenvalue weighted by atomic mass is 9.96. The van der Waals surface area contributed by atoms with Gasteiger partial charge in [-0.1, -0.05) is 19.1 Å². The van der Waals surface area contributed by atoms with Gasteiger partial charge in [-0.15, -0.1) is 0 Å². The predicted octanol–water partition coefficient (Wildman–Crippen LogP) is 1.53. The molecule has 2 aliphatic rings. The second-order valence-electron chi connectivity index (χ2n) is 7.23. The molecule has 2 fully saturated rings. The van der Waals surface area contributed by atoms with Crippen LogP contribution in [0.5, 0.6) is 5.75 Å². The van der Waals surface area contributed by atoms with Crippen LogP contribution in [0.15, 0.2) is 24.3 Å². The van der Waals surface area contributed by atoms with Gasteiger partial charge < -0.3 is 9.64 Å². The number of nitrogens with zero attached hydrogens (tertiary/aromatic N) is 2. The molecule has 1 N–H and O–H groups in total. The molecule has 2 unspecified atom stereocenters. The molecule has 2 saturated heterocycles. The molecular formula is C18H27N3O4S. The number of methoxy groups -OCH3 is 1. The van der Waals surface area contributed by atoms with Gasteiger partial charge in [0.1, 0.15) is 11.8 Å². The zero-order valence-electron chi connectivity index (χ0n) is 15.5. The number of piperidine rings is 1. The Morgan fingerprint density at radius 3 is 2.62 bits per heavy atom. The van der Waals surface area contributed by atoms with Crippen LogP contribution in [0.4, 0.5) is 0 Å². The average molecular weight is 381 g/mol. The highest BCUT2D eigenvalue weighted by Crippen LogP contribution is 2.31. The van der Waals surface area contributed by atoms with E-state index in [1.807, 2.05) is 29.2 Å². The molecule has 1 aromatic rings. The minimum Gasteiger partial charge on any atom is -0.497 e. The second kappa shape index (κ2) is 7.54. The van der Waals surface area contributed by atoms with E-state index >= 15 is 0 Å². The summed E-state index contributed by atoms with van der Waals surface area (Å²) in [4.78, 5) is 14.8. The van der Waals surface area contributed by atoms with E-state index in [4.69, 9.17) is 4.74 Å². The number of ether oxygens (including phenoxy) is 1. The van der Waals surface area contributed by atoms with Crippen LogP contribution in [0, 0.1) is 5.92 Å². The number of benzene rings is 1. The van der Waals surface area contributed by atoms with E-state index in [9.17, 15) is 13.2 Å². The van der Waals surface area contributed by atoms with Crippen molar-refractivity contribution in [3.63, 3.8) is 0 Å². The van der Waals surface area contributed by atoms with Gasteiger partial charge in [0.05, 0.1) is 13.2 Å². The highest BCUT2D eigenvalue weighted by molar-refractivity contribution is 7.87. The summed E-state index contributed by atoms with van der Waals surface area (Å²) in [5, 5.41) is 0. The molecule has 2 atom stereocenters. The zero-order valence-corrected chi connectivity index (χ0v) is 16.3. The summed E-state index contributed by atoms with van der Waals surface area (Å²) in [6, 6.07) is 6.15. The van der Waals surface area contributed by atoms with Crippen molar-refractivity contribution in [3.8, 4) is 5.75 Å². The second-order valence-corrected chi connectivity index (χ2v) is 8.99. The first-order valence-corrected chi connectivity index (χ1v) is 10.4. The molecule has 2 aliphatic heterocycles. The standard InChI is InChI=1S/C18H27N3O4S/c1-13-7-9-21(10-8-13)18(22)17-12-16(19-26(23,24)20(17)2)14-5-4-6-15(11-14)25-3/h4-6,11,13,16-17,19H,7-10,12H2,1-3H3. The summed E-state index contributed by atoms with van der Waals surface area (Å²) in [6.07, 6.45) is 2.33. The first-order valence-electron chi connectivity index (χ1n) is 9.00. The zero-order chi connectivity index (χ0) is 18.9. The fourth-order valence-electron chi connectivity index (χ4n) is 3.61. The Morgan fingerprint density at radius 2 is 1.96 bits per heavy atom. The number of likely N-dealkylation sites (N-methyl/N-ethyl adjacent to an activating group) is 1. The van der Waals surface area contributed by atoms with Crippen LogP contribution >= 0.6 is 0 Å². The maximum atomic E-state index is 13.0. The van der Waals surface area contributed by atoms with Crippen LogP contribution in [0.25, 0.3) is 0 Å². The number of hydrogen-bond acceptors (Lipinski definition) is 4. The van der Waals surface area contributed by atoms with Gasteiger partial charge in [-0.3, -0.25) is 4.79 Å². The molecule has 0 aromatic heterocycles. The van der Waals surface area contributed by atoms with E-state index in [-0.39, 0.29) is 5.91 Å². The third kappa shape index (κ3) is 3.87. The van der Waals surface area contributed by atoms with Gasteiger partial charge >= 0.3 is 0 Å². The Labute approximate surface area is 155 Å². The lowest BCUT2D eigenvalue weighted by molar-refractivity contribution is -0.137. The van der Waals surface area contributed by atoms with Gasteiger partial charge in [-0.05, 0) is 42.9 Å². The molecule has 1 amide bonds. The van der Waals surface area contributed by atoms with E-state index in [0.717, 1.165) is 18.4 Å². The number of likely N-dealkylation sites (tertiary alicyclic amines) is 1. The number of rotatable bonds is 3. The molecule has 0 radical (unpaired) electrons. The van der Waals surface area contributed by atoms with E-state index in [1.165, 1.54) is 11.4 Å². The maximum absolute atomic E-state index is 13.0. The lowest BCUT2D eigenvalue weighted by Crippen LogP contribution is -2.58. The van der Waals surface area contributed by atoms with Crippen molar-refractivity contribution < 1.29 is 17.9 Å². The minimum atomic E-state index is -3.73. The highest BCUT2D eigenvalue weighted by atomic mass is 32.2. The van der Waals surface area contributed by atoms with Crippen LogP contribution in [-0.2, 0) is 15.0 Å². The molecule has 0 aliphatic carbocycles. The molecule has 0 saturated carbocycles. The third-order valence-electron chi connectivity index (χ3n) is 5.44. The maximum Gasteiger partial charge on any atom is 0.280 e. The average Bonchev–Trinajstić information content (AvgIpc) is 2.64. The van der Waals surface area contributed by atoms with Gasteiger partial charge in [0.2, 0.25) is 5.91 Å². The molecule has 7 nitrogen and oxygen atoms in total. The first-order chi connectivity index (χ1) is 12.3. The lowest BCUT2D eigenvalue weighted by Gasteiger charge is -2.40. The first kappa shape index (κ1) is 19.1. The molecule has 144 valence electrons. The van der Waals surface area contributed by atoms with Gasteiger partial charge in [0.15, 0.2) is 0 Å². The quantitative estimate of drug-likeness (QED) is 0.861. The van der Waals surface area contributed by atoms with Crippen molar-refractivity contribution in [1.29, 1.82) is 0 Å². The van der Waals surface area contributed by atoms with Crippen molar-refractivity contribution in [2.45, 2.75) is 38.3 Å². The molecular weight excluding hydrogens is 354 g/mol.